The maximum Gasteiger partial charge on any atom is 0.234 e. The smallest absolute Gasteiger partial charge is 0.234 e. The number of aromatic nitrogens is 3. The molecule has 0 radical (unpaired) electrons. The molecule has 1 aliphatic rings. The predicted molar refractivity (Wildman–Crippen MR) is 126 cm³/mol. The van der Waals surface area contributed by atoms with Gasteiger partial charge in [-0.25, -0.2) is 4.39 Å². The van der Waals surface area contributed by atoms with Crippen LogP contribution in [0.4, 0.5) is 10.1 Å². The van der Waals surface area contributed by atoms with Gasteiger partial charge in [0.05, 0.1) is 23.0 Å². The van der Waals surface area contributed by atoms with Crippen molar-refractivity contribution in [3.63, 3.8) is 0 Å². The van der Waals surface area contributed by atoms with Gasteiger partial charge < -0.3 is 5.32 Å². The van der Waals surface area contributed by atoms with Crippen LogP contribution in [0.25, 0.3) is 5.69 Å². The van der Waals surface area contributed by atoms with E-state index in [9.17, 15) is 9.18 Å². The summed E-state index contributed by atoms with van der Waals surface area (Å²) >= 11 is 13.3. The van der Waals surface area contributed by atoms with Crippen molar-refractivity contribution in [3.05, 3.63) is 64.2 Å². The largest absolute Gasteiger partial charge is 0.324 e. The summed E-state index contributed by atoms with van der Waals surface area (Å²) in [7, 11) is 0. The number of benzene rings is 2. The van der Waals surface area contributed by atoms with Crippen molar-refractivity contribution < 1.29 is 9.18 Å². The van der Waals surface area contributed by atoms with Gasteiger partial charge in [-0.1, -0.05) is 41.4 Å². The van der Waals surface area contributed by atoms with Crippen LogP contribution in [0.1, 0.15) is 25.1 Å². The predicted octanol–water partition coefficient (Wildman–Crippen LogP) is 5.43. The number of piperidine rings is 1. The molecule has 4 rings (SSSR count). The number of nitrogens with one attached hydrogen (secondary N) is 1. The zero-order valence-corrected chi connectivity index (χ0v) is 19.6. The van der Waals surface area contributed by atoms with E-state index in [1.165, 1.54) is 43.2 Å². The zero-order valence-electron chi connectivity index (χ0n) is 17.2. The number of anilines is 1. The summed E-state index contributed by atoms with van der Waals surface area (Å²) in [6.07, 6.45) is 3.58. The average Bonchev–Trinajstić information content (AvgIpc) is 3.18. The highest BCUT2D eigenvalue weighted by atomic mass is 35.5. The monoisotopic (exact) mass is 493 g/mol. The maximum atomic E-state index is 13.5. The summed E-state index contributed by atoms with van der Waals surface area (Å²) in [6, 6.07) is 11.1. The van der Waals surface area contributed by atoms with Crippen LogP contribution in [0.3, 0.4) is 0 Å². The standard InChI is InChI=1S/C22H22Cl2FN5OS/c23-15-4-9-19(18(24)12-15)26-21(31)14-32-22-28-27-20(13-29-10-2-1-3-11-29)30(22)17-7-5-16(25)6-8-17/h4-9,12H,1-3,10-11,13-14H2,(H,26,31). The van der Waals surface area contributed by atoms with Crippen LogP contribution in [0.2, 0.25) is 10.0 Å². The van der Waals surface area contributed by atoms with Gasteiger partial charge in [0.15, 0.2) is 11.0 Å². The van der Waals surface area contributed by atoms with Crippen molar-refractivity contribution in [1.29, 1.82) is 0 Å². The zero-order chi connectivity index (χ0) is 22.5. The number of amides is 1. The lowest BCUT2D eigenvalue weighted by atomic mass is 10.1. The van der Waals surface area contributed by atoms with Crippen LogP contribution in [-0.4, -0.2) is 44.4 Å². The van der Waals surface area contributed by atoms with Gasteiger partial charge in [0.2, 0.25) is 5.91 Å². The molecule has 10 heteroatoms. The van der Waals surface area contributed by atoms with Crippen LogP contribution in [0.15, 0.2) is 47.6 Å². The minimum Gasteiger partial charge on any atom is -0.324 e. The van der Waals surface area contributed by atoms with E-state index in [2.05, 4.69) is 20.4 Å². The van der Waals surface area contributed by atoms with Gasteiger partial charge in [-0.05, 0) is 68.4 Å². The Hall–Kier alpha value is -2.13. The number of rotatable bonds is 7. The molecule has 0 bridgehead atoms. The Morgan fingerprint density at radius 3 is 2.53 bits per heavy atom. The fourth-order valence-corrected chi connectivity index (χ4v) is 4.80. The molecule has 0 atom stereocenters. The minimum atomic E-state index is -0.312. The Balaban J connectivity index is 1.50. The molecule has 32 heavy (non-hydrogen) atoms. The van der Waals surface area contributed by atoms with Gasteiger partial charge in [0.25, 0.3) is 0 Å². The van der Waals surface area contributed by atoms with Crippen molar-refractivity contribution in [2.45, 2.75) is 31.0 Å². The molecule has 1 fully saturated rings. The van der Waals surface area contributed by atoms with E-state index in [-0.39, 0.29) is 17.5 Å². The van der Waals surface area contributed by atoms with E-state index in [1.807, 2.05) is 4.57 Å². The molecule has 0 aliphatic carbocycles. The highest BCUT2D eigenvalue weighted by Crippen LogP contribution is 2.27. The van der Waals surface area contributed by atoms with Gasteiger partial charge in [0.1, 0.15) is 5.82 Å². The number of carbonyl (C=O) groups excluding carboxylic acids is 1. The molecule has 3 aromatic rings. The minimum absolute atomic E-state index is 0.113. The summed E-state index contributed by atoms with van der Waals surface area (Å²) in [5, 5.41) is 12.9. The second kappa shape index (κ2) is 10.7. The number of likely N-dealkylation sites (tertiary alicyclic amines) is 1. The summed E-state index contributed by atoms with van der Waals surface area (Å²) in [6.45, 7) is 2.68. The third-order valence-electron chi connectivity index (χ3n) is 5.14. The average molecular weight is 494 g/mol. The summed E-state index contributed by atoms with van der Waals surface area (Å²) in [5.74, 6) is 0.336. The normalized spacial score (nSPS) is 14.5. The van der Waals surface area contributed by atoms with Crippen LogP contribution in [0, 0.1) is 5.82 Å². The van der Waals surface area contributed by atoms with E-state index in [4.69, 9.17) is 23.2 Å². The van der Waals surface area contributed by atoms with Crippen LogP contribution in [0.5, 0.6) is 0 Å². The lowest BCUT2D eigenvalue weighted by molar-refractivity contribution is -0.113. The fourth-order valence-electron chi connectivity index (χ4n) is 3.57. The van der Waals surface area contributed by atoms with Gasteiger partial charge in [-0.3, -0.25) is 14.3 Å². The van der Waals surface area contributed by atoms with Crippen molar-refractivity contribution >= 4 is 46.6 Å². The molecule has 1 aliphatic heterocycles. The molecule has 1 aromatic heterocycles. The Labute approximate surface area is 200 Å². The molecule has 0 unspecified atom stereocenters. The molecular weight excluding hydrogens is 472 g/mol. The topological polar surface area (TPSA) is 63.1 Å². The molecule has 1 saturated heterocycles. The molecule has 0 spiro atoms. The highest BCUT2D eigenvalue weighted by Gasteiger charge is 2.20. The van der Waals surface area contributed by atoms with Crippen molar-refractivity contribution in [3.8, 4) is 5.69 Å². The van der Waals surface area contributed by atoms with Crippen molar-refractivity contribution in [1.82, 2.24) is 19.7 Å². The number of hydrogen-bond acceptors (Lipinski definition) is 5. The first-order valence-electron chi connectivity index (χ1n) is 10.3. The van der Waals surface area contributed by atoms with E-state index in [0.717, 1.165) is 24.6 Å². The van der Waals surface area contributed by atoms with Crippen LogP contribution < -0.4 is 5.32 Å². The fraction of sp³-hybridized carbons (Fsp3) is 0.318. The van der Waals surface area contributed by atoms with Crippen LogP contribution >= 0.6 is 35.0 Å². The number of thioether (sulfide) groups is 1. The Kier molecular flexibility index (Phi) is 7.67. The molecule has 1 N–H and O–H groups in total. The summed E-state index contributed by atoms with van der Waals surface area (Å²) < 4.78 is 15.4. The first kappa shape index (κ1) is 23.0. The number of nitrogens with zero attached hydrogens (tertiary/aromatic N) is 4. The van der Waals surface area contributed by atoms with Gasteiger partial charge >= 0.3 is 0 Å². The first-order chi connectivity index (χ1) is 15.5. The van der Waals surface area contributed by atoms with E-state index in [1.54, 1.807) is 30.3 Å². The van der Waals surface area contributed by atoms with E-state index < -0.39 is 0 Å². The second-order valence-corrected chi connectivity index (χ2v) is 9.29. The maximum absolute atomic E-state index is 13.5. The molecule has 2 heterocycles. The molecule has 2 aromatic carbocycles. The Bertz CT molecular complexity index is 1090. The van der Waals surface area contributed by atoms with E-state index in [0.29, 0.717) is 27.4 Å². The van der Waals surface area contributed by atoms with Crippen molar-refractivity contribution in [2.75, 3.05) is 24.2 Å². The lowest BCUT2D eigenvalue weighted by Crippen LogP contribution is -2.30. The van der Waals surface area contributed by atoms with Crippen molar-refractivity contribution in [2.24, 2.45) is 0 Å². The second-order valence-electron chi connectivity index (χ2n) is 7.51. The summed E-state index contributed by atoms with van der Waals surface area (Å²) in [5.41, 5.74) is 1.25. The summed E-state index contributed by atoms with van der Waals surface area (Å²) in [4.78, 5) is 14.8. The van der Waals surface area contributed by atoms with Gasteiger partial charge in [0, 0.05) is 10.7 Å². The van der Waals surface area contributed by atoms with E-state index >= 15 is 0 Å². The molecule has 0 saturated carbocycles. The highest BCUT2D eigenvalue weighted by molar-refractivity contribution is 7.99. The first-order valence-corrected chi connectivity index (χ1v) is 12.0. The number of carbonyl (C=O) groups is 1. The lowest BCUT2D eigenvalue weighted by Gasteiger charge is -2.26. The van der Waals surface area contributed by atoms with Gasteiger partial charge in [-0.2, -0.15) is 0 Å². The number of hydrogen-bond donors (Lipinski definition) is 1. The molecule has 6 nitrogen and oxygen atoms in total. The quantitative estimate of drug-likeness (QED) is 0.444. The Morgan fingerprint density at radius 2 is 1.81 bits per heavy atom. The number of halogens is 3. The van der Waals surface area contributed by atoms with Crippen LogP contribution in [-0.2, 0) is 11.3 Å². The van der Waals surface area contributed by atoms with Gasteiger partial charge in [-0.15, -0.1) is 10.2 Å². The SMILES string of the molecule is O=C(CSc1nnc(CN2CCCCC2)n1-c1ccc(F)cc1)Nc1ccc(Cl)cc1Cl. The third-order valence-corrected chi connectivity index (χ3v) is 6.61. The Morgan fingerprint density at radius 1 is 1.06 bits per heavy atom. The molecule has 168 valence electrons. The molecular formula is C22H22Cl2FN5OS. The molecule has 1 amide bonds. The third kappa shape index (κ3) is 5.81.